The first-order chi connectivity index (χ1) is 15.1. The van der Waals surface area contributed by atoms with Crippen LogP contribution in [0.15, 0.2) is 48.5 Å². The first-order valence-corrected chi connectivity index (χ1v) is 11.3. The van der Waals surface area contributed by atoms with Gasteiger partial charge in [-0.05, 0) is 42.5 Å². The van der Waals surface area contributed by atoms with Crippen LogP contribution >= 0.6 is 0 Å². The van der Waals surface area contributed by atoms with Gasteiger partial charge in [-0.25, -0.2) is 0 Å². The van der Waals surface area contributed by atoms with Crippen LogP contribution in [-0.2, 0) is 11.3 Å². The molecule has 3 unspecified atom stereocenters. The van der Waals surface area contributed by atoms with E-state index >= 15 is 0 Å². The van der Waals surface area contributed by atoms with Gasteiger partial charge in [0.1, 0.15) is 0 Å². The van der Waals surface area contributed by atoms with Crippen LogP contribution in [0.5, 0.6) is 11.5 Å². The summed E-state index contributed by atoms with van der Waals surface area (Å²) in [6.07, 6.45) is 4.70. The molecule has 1 saturated heterocycles. The summed E-state index contributed by atoms with van der Waals surface area (Å²) >= 11 is 0. The van der Waals surface area contributed by atoms with Crippen molar-refractivity contribution >= 4 is 5.91 Å². The molecule has 2 aromatic rings. The highest BCUT2D eigenvalue weighted by atomic mass is 16.7. The van der Waals surface area contributed by atoms with E-state index in [1.165, 1.54) is 0 Å². The van der Waals surface area contributed by atoms with Crippen LogP contribution in [0.25, 0.3) is 0 Å². The second-order valence-electron chi connectivity index (χ2n) is 9.00. The summed E-state index contributed by atoms with van der Waals surface area (Å²) in [5.41, 5.74) is 1.52. The van der Waals surface area contributed by atoms with Gasteiger partial charge in [-0.3, -0.25) is 9.69 Å². The molecule has 6 nitrogen and oxygen atoms in total. The molecule has 2 aliphatic heterocycles. The van der Waals surface area contributed by atoms with Crippen LogP contribution < -0.4 is 14.8 Å². The van der Waals surface area contributed by atoms with E-state index in [1.54, 1.807) is 0 Å². The molecule has 0 radical (unpaired) electrons. The molecule has 2 aromatic carbocycles. The van der Waals surface area contributed by atoms with Gasteiger partial charge in [0.2, 0.25) is 12.7 Å². The lowest BCUT2D eigenvalue weighted by molar-refractivity contribution is -0.138. The summed E-state index contributed by atoms with van der Waals surface area (Å²) in [5.74, 6) is 1.62. The number of nitrogens with zero attached hydrogens (tertiary/aromatic N) is 1. The first-order valence-electron chi connectivity index (χ1n) is 11.3. The lowest BCUT2D eigenvalue weighted by Crippen LogP contribution is -2.56. The zero-order valence-electron chi connectivity index (χ0n) is 17.8. The van der Waals surface area contributed by atoms with Crippen LogP contribution in [0.1, 0.15) is 49.3 Å². The molecular formula is C25H30N2O4. The molecule has 1 aliphatic carbocycles. The van der Waals surface area contributed by atoms with Crippen molar-refractivity contribution in [1.29, 1.82) is 0 Å². The molecule has 1 saturated carbocycles. The van der Waals surface area contributed by atoms with Crippen LogP contribution in [-0.4, -0.2) is 41.4 Å². The van der Waals surface area contributed by atoms with Gasteiger partial charge < -0.3 is 19.9 Å². The number of fused-ring (bicyclic) bond motifs is 2. The first kappa shape index (κ1) is 20.3. The van der Waals surface area contributed by atoms with Crippen molar-refractivity contribution in [3.63, 3.8) is 0 Å². The number of aliphatic hydroxyl groups is 1. The zero-order valence-corrected chi connectivity index (χ0v) is 17.8. The topological polar surface area (TPSA) is 71.0 Å². The van der Waals surface area contributed by atoms with Gasteiger partial charge >= 0.3 is 0 Å². The Balaban J connectivity index is 1.36. The van der Waals surface area contributed by atoms with Gasteiger partial charge in [0.05, 0.1) is 12.1 Å². The van der Waals surface area contributed by atoms with E-state index in [2.05, 4.69) is 16.3 Å². The summed E-state index contributed by atoms with van der Waals surface area (Å²) in [4.78, 5) is 15.1. The maximum atomic E-state index is 12.8. The summed E-state index contributed by atoms with van der Waals surface area (Å²) in [6, 6.07) is 16.0. The molecule has 6 heteroatoms. The Morgan fingerprint density at radius 2 is 1.94 bits per heavy atom. The molecule has 0 spiro atoms. The van der Waals surface area contributed by atoms with Crippen LogP contribution in [0.3, 0.4) is 0 Å². The minimum absolute atomic E-state index is 0.0100. The Labute approximate surface area is 183 Å². The number of likely N-dealkylation sites (tertiary alicyclic amines) is 1. The van der Waals surface area contributed by atoms with E-state index in [9.17, 15) is 9.90 Å². The number of amides is 1. The minimum Gasteiger partial charge on any atom is -0.454 e. The highest BCUT2D eigenvalue weighted by Gasteiger charge is 2.49. The third-order valence-electron chi connectivity index (χ3n) is 7.09. The quantitative estimate of drug-likeness (QED) is 0.773. The molecule has 2 fully saturated rings. The molecule has 3 atom stereocenters. The molecule has 164 valence electrons. The van der Waals surface area contributed by atoms with Crippen molar-refractivity contribution in [2.45, 2.75) is 50.3 Å². The number of benzene rings is 2. The number of hydrogen-bond donors (Lipinski definition) is 2. The van der Waals surface area contributed by atoms with Crippen molar-refractivity contribution in [2.75, 3.05) is 19.9 Å². The van der Waals surface area contributed by atoms with Gasteiger partial charge in [0.15, 0.2) is 11.5 Å². The van der Waals surface area contributed by atoms with Crippen LogP contribution in [0.4, 0.5) is 0 Å². The Morgan fingerprint density at radius 3 is 2.81 bits per heavy atom. The monoisotopic (exact) mass is 422 g/mol. The predicted octanol–water partition coefficient (Wildman–Crippen LogP) is 3.40. The molecule has 0 aromatic heterocycles. The van der Waals surface area contributed by atoms with E-state index < -0.39 is 5.60 Å². The third kappa shape index (κ3) is 4.14. The van der Waals surface area contributed by atoms with Gasteiger partial charge in [-0.2, -0.15) is 0 Å². The second-order valence-corrected chi connectivity index (χ2v) is 9.00. The molecular weight excluding hydrogens is 392 g/mol. The van der Waals surface area contributed by atoms with Crippen molar-refractivity contribution in [1.82, 2.24) is 10.2 Å². The highest BCUT2D eigenvalue weighted by Crippen LogP contribution is 2.50. The largest absolute Gasteiger partial charge is 0.454 e. The minimum atomic E-state index is -0.656. The van der Waals surface area contributed by atoms with E-state index in [1.807, 2.05) is 42.5 Å². The van der Waals surface area contributed by atoms with Gasteiger partial charge in [-0.15, -0.1) is 0 Å². The lowest BCUT2D eigenvalue weighted by Gasteiger charge is -2.52. The van der Waals surface area contributed by atoms with E-state index in [4.69, 9.17) is 9.47 Å². The zero-order chi connectivity index (χ0) is 21.3. The summed E-state index contributed by atoms with van der Waals surface area (Å²) in [7, 11) is 0. The maximum Gasteiger partial charge on any atom is 0.234 e. The molecule has 2 heterocycles. The molecule has 2 N–H and O–H groups in total. The van der Waals surface area contributed by atoms with E-state index in [0.29, 0.717) is 26.1 Å². The fraction of sp³-hybridized carbons (Fsp3) is 0.480. The van der Waals surface area contributed by atoms with Crippen molar-refractivity contribution in [3.8, 4) is 11.5 Å². The fourth-order valence-corrected chi connectivity index (χ4v) is 5.50. The fourth-order valence-electron chi connectivity index (χ4n) is 5.50. The average molecular weight is 423 g/mol. The van der Waals surface area contributed by atoms with Crippen molar-refractivity contribution in [2.24, 2.45) is 5.92 Å². The number of carbonyl (C=O) groups is 1. The standard InChI is InChI=1S/C25H30N2O4/c28-23(26-15-18-6-2-1-3-7-18)16-27-13-12-25(29)11-5-4-8-20(25)24(27)19-9-10-21-22(14-19)31-17-30-21/h1-3,6-7,9-10,14,20,24,29H,4-5,8,11-13,15-17H2,(H,26,28). The predicted molar refractivity (Wildman–Crippen MR) is 117 cm³/mol. The number of carbonyl (C=O) groups excluding carboxylic acids is 1. The van der Waals surface area contributed by atoms with Gasteiger partial charge in [-0.1, -0.05) is 49.2 Å². The third-order valence-corrected chi connectivity index (χ3v) is 7.09. The second kappa shape index (κ2) is 8.52. The number of hydrogen-bond acceptors (Lipinski definition) is 5. The Morgan fingerprint density at radius 1 is 1.10 bits per heavy atom. The van der Waals surface area contributed by atoms with Gasteiger partial charge in [0, 0.05) is 25.0 Å². The Hall–Kier alpha value is -2.57. The van der Waals surface area contributed by atoms with Gasteiger partial charge in [0.25, 0.3) is 0 Å². The lowest BCUT2D eigenvalue weighted by atomic mass is 9.66. The molecule has 1 amide bonds. The molecule has 5 rings (SSSR count). The molecule has 31 heavy (non-hydrogen) atoms. The van der Waals surface area contributed by atoms with Crippen LogP contribution in [0, 0.1) is 5.92 Å². The molecule has 0 bridgehead atoms. The number of rotatable bonds is 5. The smallest absolute Gasteiger partial charge is 0.234 e. The van der Waals surface area contributed by atoms with E-state index in [-0.39, 0.29) is 24.7 Å². The van der Waals surface area contributed by atoms with E-state index in [0.717, 1.165) is 48.3 Å². The average Bonchev–Trinajstić information content (AvgIpc) is 3.26. The molecule has 3 aliphatic rings. The summed E-state index contributed by atoms with van der Waals surface area (Å²) in [6.45, 7) is 1.78. The van der Waals surface area contributed by atoms with Crippen molar-refractivity contribution < 1.29 is 19.4 Å². The SMILES string of the molecule is O=C(CN1CCC2(O)CCCCC2C1c1ccc2c(c1)OCO2)NCc1ccccc1. The Kier molecular flexibility index (Phi) is 5.59. The maximum absolute atomic E-state index is 12.8. The number of nitrogens with one attached hydrogen (secondary N) is 1. The van der Waals surface area contributed by atoms with Crippen molar-refractivity contribution in [3.05, 3.63) is 59.7 Å². The number of piperidine rings is 1. The van der Waals surface area contributed by atoms with Crippen LogP contribution in [0.2, 0.25) is 0 Å². The normalized spacial score (nSPS) is 27.5. The number of ether oxygens (including phenoxy) is 2. The summed E-state index contributed by atoms with van der Waals surface area (Å²) in [5, 5.41) is 14.5. The Bertz CT molecular complexity index is 934. The highest BCUT2D eigenvalue weighted by molar-refractivity contribution is 5.78. The summed E-state index contributed by atoms with van der Waals surface area (Å²) < 4.78 is 11.1.